The number of nitrogens with one attached hydrogen (secondary N) is 12. The van der Waals surface area contributed by atoms with Gasteiger partial charge in [-0.2, -0.15) is 10.1 Å². The lowest BCUT2D eigenvalue weighted by molar-refractivity contribution is -0.155. The number of hydrazone groups is 1. The van der Waals surface area contributed by atoms with E-state index in [1.165, 1.54) is 30.5 Å². The number of halogens is 1. The van der Waals surface area contributed by atoms with Crippen molar-refractivity contribution in [2.45, 2.75) is 139 Å². The number of benzene rings is 6. The summed E-state index contributed by atoms with van der Waals surface area (Å²) in [5, 5.41) is 81.7. The number of rotatable bonds is 49. The van der Waals surface area contributed by atoms with Crippen LogP contribution in [0.4, 0.5) is 33.5 Å². The van der Waals surface area contributed by atoms with Gasteiger partial charge in [0, 0.05) is 124 Å². The second-order valence-electron chi connectivity index (χ2n) is 33.3. The summed E-state index contributed by atoms with van der Waals surface area (Å²) >= 11 is 7.59. The minimum Gasteiger partial charge on any atom is -0.481 e. The first-order chi connectivity index (χ1) is 66.3. The largest absolute Gasteiger partial charge is 0.481 e. The number of aromatic nitrogens is 6. The SMILES string of the molecule is C/C(CCOC(OCCN1C(=O)CC(SC[C@@H](CC(=O)[C@H](CC(=O)O)NC(=O)[C@H](CC(=O)O)CC(=O)[C@H](CCCNC(=N)N)NC(=O)[C@H](CC(=O)O)CC(=O)CC[C@H](NC(=O)c2ccc(NCc3cnc4nc(N)[nH]c(=O)c4n3)cc2)C(=O)O)C(=O)O)C1=O)c1ccc(C)cc1)=N/NC(=O)Nc1ccc2[nH]c(C(=O)Nc3ccc4[nH]c(C(=O)N5CC(Cl)c6c5cc(C)c5ccccc65)cc4c3)cc2c1. The molecule has 9 atom stereocenters. The Bertz CT molecular complexity index is 6570. The van der Waals surface area contributed by atoms with E-state index >= 15 is 0 Å². The number of carboxylic acids is 5. The molecule has 4 aromatic heterocycles. The molecule has 2 aliphatic rings. The van der Waals surface area contributed by atoms with Crippen LogP contribution in [-0.2, 0) is 73.6 Å². The average molecular weight is 1950 g/mol. The molecule has 2 aliphatic heterocycles. The number of carboxylic acid groups (broad SMARTS) is 5. The van der Waals surface area contributed by atoms with Gasteiger partial charge in [0.05, 0.1) is 97.9 Å². The Hall–Kier alpha value is -15.9. The lowest BCUT2D eigenvalue weighted by Crippen LogP contribution is -2.48. The molecule has 0 spiro atoms. The number of nitrogen functional groups attached to an aromatic ring is 1. The third kappa shape index (κ3) is 27.5. The van der Waals surface area contributed by atoms with Crippen LogP contribution in [0, 0.1) is 37.0 Å². The number of urea groups is 1. The van der Waals surface area contributed by atoms with Crippen LogP contribution < -0.4 is 64.6 Å². The molecule has 3 unspecified atom stereocenters. The molecule has 0 saturated carbocycles. The number of thioether (sulfide) groups is 1. The van der Waals surface area contributed by atoms with Crippen molar-refractivity contribution < 1.29 is 112 Å². The number of fused-ring (bicyclic) bond motifs is 6. The molecule has 1 saturated heterocycles. The highest BCUT2D eigenvalue weighted by molar-refractivity contribution is 8.00. The number of guanidine groups is 1. The van der Waals surface area contributed by atoms with Crippen molar-refractivity contribution in [1.82, 2.24) is 61.5 Å². The fourth-order valence-electron chi connectivity index (χ4n) is 15.7. The highest BCUT2D eigenvalue weighted by Gasteiger charge is 2.42. The molecular weight excluding hydrogens is 1850 g/mol. The number of carbonyl (C=O) groups excluding carboxylic acids is 11. The summed E-state index contributed by atoms with van der Waals surface area (Å²) in [6, 6.07) is 30.1. The van der Waals surface area contributed by atoms with E-state index in [9.17, 15) is 107 Å². The van der Waals surface area contributed by atoms with Crippen LogP contribution in [0.5, 0.6) is 0 Å². The van der Waals surface area contributed by atoms with E-state index in [2.05, 4.69) is 77.6 Å². The maximum absolute atomic E-state index is 14.3. The van der Waals surface area contributed by atoms with Crippen LogP contribution in [-0.4, -0.2) is 229 Å². The molecule has 139 heavy (non-hydrogen) atoms. The van der Waals surface area contributed by atoms with Crippen LogP contribution >= 0.6 is 23.4 Å². The number of aliphatic carboxylic acids is 5. The average Bonchev–Trinajstić information content (AvgIpc) is 1.60. The Balaban J connectivity index is 0.587. The Morgan fingerprint density at radius 1 is 0.647 bits per heavy atom. The summed E-state index contributed by atoms with van der Waals surface area (Å²) in [6.07, 6.45) is -7.95. The number of amides is 9. The van der Waals surface area contributed by atoms with Gasteiger partial charge >= 0.3 is 35.9 Å². The van der Waals surface area contributed by atoms with Gasteiger partial charge in [0.25, 0.3) is 23.3 Å². The van der Waals surface area contributed by atoms with Crippen LogP contribution in [0.1, 0.15) is 155 Å². The molecule has 46 heteroatoms. The zero-order valence-corrected chi connectivity index (χ0v) is 76.5. The molecule has 0 aliphatic carbocycles. The maximum Gasteiger partial charge on any atom is 0.339 e. The standard InChI is InChI=1S/C93H99ClN20O24S/c1-45-10-12-49(13-11-45)90(137-27-24-47(3)111-112-93(136)103-57-19-22-63-50(31-57)33-68(104-63)84(128)102-56-18-21-64-51(30-56)34-69(105-64)86(130)114-43-62(94)78-61-8-5-4-7-60(61)46(2)29-70(78)114)138-28-26-113-74(118)40-73(87(113)131)139-44-54(88(132)133)36-72(117)67(39-77(123)124)108-83(127)53(38-76(121)122)35-71(116)65(9-6-25-98-91(95)96)106-82(126)52(37-75(119)120)32-59(115)20-23-66(89(134)135)107-81(125)48-14-16-55(17-15-48)99-41-58-42-100-80-79(101-58)85(129)110-92(97)109-80/h4-5,7-8,10-19,21-22,29-31,33-34,42,52-54,62,65-67,73,90,99,104-105H,6,9,20,23-28,32,35-41,43-44H2,1-3H3,(H,102,128)(H,106,126)(H,107,125)(H,108,127)(H,119,120)(H,121,122)(H,123,124)(H,132,133)(H,134,135)(H4,95,96,98)(H2,103,112,136)(H3,97,100,109,110,129)/b111-47-/t52-,53-,54+,62?,65-,66-,67-,73?,90?/m0/s1. The van der Waals surface area contributed by atoms with E-state index < -0.39 is 217 Å². The summed E-state index contributed by atoms with van der Waals surface area (Å²) in [5.74, 6) is -23.5. The van der Waals surface area contributed by atoms with Crippen molar-refractivity contribution in [3.8, 4) is 0 Å². The molecule has 728 valence electrons. The molecule has 6 heterocycles. The van der Waals surface area contributed by atoms with Crippen molar-refractivity contribution >= 4 is 202 Å². The Kier molecular flexibility index (Phi) is 34.2. The lowest BCUT2D eigenvalue weighted by atomic mass is 9.90. The second-order valence-corrected chi connectivity index (χ2v) is 35.0. The maximum atomic E-state index is 14.3. The monoisotopic (exact) mass is 1950 g/mol. The number of likely N-dealkylation sites (tertiary alicyclic amines) is 1. The van der Waals surface area contributed by atoms with Crippen molar-refractivity contribution in [1.29, 1.82) is 5.41 Å². The highest BCUT2D eigenvalue weighted by Crippen LogP contribution is 2.45. The van der Waals surface area contributed by atoms with Gasteiger partial charge in [-0.25, -0.2) is 25.0 Å². The van der Waals surface area contributed by atoms with E-state index in [0.717, 1.165) is 38.1 Å². The molecule has 0 radical (unpaired) electrons. The summed E-state index contributed by atoms with van der Waals surface area (Å²) in [6.45, 7) is 5.17. The Morgan fingerprint density at radius 3 is 1.93 bits per heavy atom. The van der Waals surface area contributed by atoms with E-state index in [4.69, 9.17) is 38.0 Å². The summed E-state index contributed by atoms with van der Waals surface area (Å²) < 4.78 is 12.3. The predicted molar refractivity (Wildman–Crippen MR) is 508 cm³/mol. The zero-order chi connectivity index (χ0) is 100. The van der Waals surface area contributed by atoms with Gasteiger partial charge in [-0.3, -0.25) is 87.2 Å². The van der Waals surface area contributed by atoms with Crippen LogP contribution in [0.2, 0.25) is 0 Å². The third-order valence-corrected chi connectivity index (χ3v) is 24.6. The molecule has 12 rings (SSSR count). The Labute approximate surface area is 798 Å². The van der Waals surface area contributed by atoms with Crippen LogP contribution in [0.3, 0.4) is 0 Å². The van der Waals surface area contributed by atoms with E-state index in [1.54, 1.807) is 84.6 Å². The number of nitrogens with two attached hydrogens (primary N) is 2. The van der Waals surface area contributed by atoms with Gasteiger partial charge in [-0.15, -0.1) is 23.4 Å². The van der Waals surface area contributed by atoms with Crippen LogP contribution in [0.15, 0.2) is 143 Å². The van der Waals surface area contributed by atoms with Gasteiger partial charge in [-0.05, 0) is 135 Å². The van der Waals surface area contributed by atoms with Gasteiger partial charge in [0.2, 0.25) is 29.6 Å². The van der Waals surface area contributed by atoms with Gasteiger partial charge in [0.1, 0.15) is 23.2 Å². The van der Waals surface area contributed by atoms with Gasteiger partial charge < -0.3 is 98.6 Å². The third-order valence-electron chi connectivity index (χ3n) is 22.9. The highest BCUT2D eigenvalue weighted by atomic mass is 35.5. The number of ether oxygens (including phenoxy) is 2. The van der Waals surface area contributed by atoms with E-state index in [1.807, 2.05) is 44.2 Å². The van der Waals surface area contributed by atoms with Gasteiger partial charge in [-0.1, -0.05) is 54.1 Å². The molecule has 44 nitrogen and oxygen atoms in total. The number of anilines is 5. The number of hydrogen-bond acceptors (Lipinski definition) is 27. The number of carbonyl (C=O) groups is 16. The summed E-state index contributed by atoms with van der Waals surface area (Å²) in [4.78, 5) is 249. The number of H-pyrrole nitrogens is 3. The first kappa shape index (κ1) is 102. The topological polar surface area (TPSA) is 687 Å². The van der Waals surface area contributed by atoms with Crippen LogP contribution in [0.25, 0.3) is 43.7 Å². The van der Waals surface area contributed by atoms with E-state index in [0.29, 0.717) is 79.8 Å². The zero-order valence-electron chi connectivity index (χ0n) is 74.9. The smallest absolute Gasteiger partial charge is 0.339 e. The normalized spacial score (nSPS) is 15.1. The van der Waals surface area contributed by atoms with Crippen molar-refractivity contribution in [3.05, 3.63) is 189 Å². The number of aromatic amines is 3. The molecule has 21 N–H and O–H groups in total. The molecule has 9 amide bonds. The van der Waals surface area contributed by atoms with Crippen molar-refractivity contribution in [2.75, 3.05) is 65.2 Å². The molecule has 1 fully saturated rings. The predicted octanol–water partition coefficient (Wildman–Crippen LogP) is 7.44. The number of aryl methyl sites for hydroxylation is 2. The number of alkyl halides is 1. The summed E-state index contributed by atoms with van der Waals surface area (Å²) in [5.41, 5.74) is 20.9. The number of nitrogens with zero attached hydrogens (tertiary/aromatic N) is 6. The quantitative estimate of drug-likeness (QED) is 0.00335. The number of ketones is 3. The summed E-state index contributed by atoms with van der Waals surface area (Å²) in [7, 11) is 0. The first-order valence-corrected chi connectivity index (χ1v) is 45.2. The molecular formula is C93H99ClN20O24S. The number of Topliss-reactive ketones (excluding diaryl/α,β-unsaturated/α-hetero) is 3. The lowest BCUT2D eigenvalue weighted by Gasteiger charge is -2.24. The van der Waals surface area contributed by atoms with Gasteiger partial charge in [0.15, 0.2) is 35.0 Å². The molecule has 0 bridgehead atoms. The molecule has 10 aromatic rings. The minimum atomic E-state index is -2.07. The van der Waals surface area contributed by atoms with Crippen molar-refractivity contribution in [3.63, 3.8) is 0 Å². The number of imide groups is 1. The Morgan fingerprint density at radius 2 is 1.27 bits per heavy atom. The first-order valence-electron chi connectivity index (χ1n) is 43.7. The van der Waals surface area contributed by atoms with Crippen molar-refractivity contribution in [2.24, 2.45) is 28.6 Å². The fourth-order valence-corrected chi connectivity index (χ4v) is 17.4. The number of hydrogen-bond donors (Lipinski definition) is 19. The minimum absolute atomic E-state index is 0.0106. The molecule has 6 aromatic carbocycles. The van der Waals surface area contributed by atoms with E-state index in [-0.39, 0.29) is 86.4 Å². The second kappa shape index (κ2) is 46.6. The fraction of sp³-hybridized carbons (Fsp3) is 0.333.